The topological polar surface area (TPSA) is 79.5 Å². The van der Waals surface area contributed by atoms with Gasteiger partial charge >= 0.3 is 0 Å². The maximum Gasteiger partial charge on any atom is 0.243 e. The zero-order chi connectivity index (χ0) is 27.4. The van der Waals surface area contributed by atoms with Gasteiger partial charge in [0.25, 0.3) is 0 Å². The second-order valence-electron chi connectivity index (χ2n) is 11.7. The predicted octanol–water partition coefficient (Wildman–Crippen LogP) is 5.26. The lowest BCUT2D eigenvalue weighted by molar-refractivity contribution is -0.131. The Balaban J connectivity index is 2.10. The van der Waals surface area contributed by atoms with Crippen LogP contribution in [0.25, 0.3) is 0 Å². The van der Waals surface area contributed by atoms with Gasteiger partial charge in [0.15, 0.2) is 0 Å². The van der Waals surface area contributed by atoms with Crippen LogP contribution in [0.3, 0.4) is 0 Å². The summed E-state index contributed by atoms with van der Waals surface area (Å²) in [7, 11) is 0. The number of ether oxygens (including phenoxy) is 1. The highest BCUT2D eigenvalue weighted by molar-refractivity contribution is 5.90. The van der Waals surface area contributed by atoms with E-state index >= 15 is 0 Å². The Labute approximate surface area is 224 Å². The molecule has 0 aliphatic rings. The van der Waals surface area contributed by atoms with Gasteiger partial charge < -0.3 is 20.7 Å². The second kappa shape index (κ2) is 14.8. The molecule has 3 N–H and O–H groups in total. The largest absolute Gasteiger partial charge is 0.489 e. The van der Waals surface area contributed by atoms with E-state index in [9.17, 15) is 9.59 Å². The number of benzene rings is 2. The molecule has 0 aliphatic heterocycles. The third-order valence-corrected chi connectivity index (χ3v) is 5.88. The molecule has 2 rings (SSSR count). The SMILES string of the molecule is CC(C)CCN[C@@H](CC(C)C)C(=O)N[C@H](Cc1ccc(OCc2ccccc2)cc1)C(=O)NC(C)(C)C. The van der Waals surface area contributed by atoms with Crippen molar-refractivity contribution in [3.05, 3.63) is 65.7 Å². The van der Waals surface area contributed by atoms with E-state index in [-0.39, 0.29) is 17.9 Å². The third kappa shape index (κ3) is 12.3. The molecule has 6 nitrogen and oxygen atoms in total. The van der Waals surface area contributed by atoms with E-state index in [1.165, 1.54) is 0 Å². The van der Waals surface area contributed by atoms with E-state index in [1.807, 2.05) is 75.4 Å². The van der Waals surface area contributed by atoms with Crippen LogP contribution in [0.5, 0.6) is 5.75 Å². The average Bonchev–Trinajstić information content (AvgIpc) is 2.81. The maximum absolute atomic E-state index is 13.3. The lowest BCUT2D eigenvalue weighted by atomic mass is 10.00. The predicted molar refractivity (Wildman–Crippen MR) is 151 cm³/mol. The van der Waals surface area contributed by atoms with Gasteiger partial charge in [0.2, 0.25) is 11.8 Å². The molecule has 2 aromatic rings. The number of amides is 2. The minimum absolute atomic E-state index is 0.130. The molecule has 2 amide bonds. The molecule has 204 valence electrons. The Morgan fingerprint density at radius 2 is 1.46 bits per heavy atom. The smallest absolute Gasteiger partial charge is 0.243 e. The summed E-state index contributed by atoms with van der Waals surface area (Å²) in [6.45, 7) is 15.6. The molecular weight excluding hydrogens is 462 g/mol. The Bertz CT molecular complexity index is 950. The molecular formula is C31H47N3O3. The molecule has 0 radical (unpaired) electrons. The van der Waals surface area contributed by atoms with Gasteiger partial charge in [-0.1, -0.05) is 70.2 Å². The fourth-order valence-electron chi connectivity index (χ4n) is 3.94. The van der Waals surface area contributed by atoms with Crippen LogP contribution < -0.4 is 20.7 Å². The van der Waals surface area contributed by atoms with Crippen molar-refractivity contribution >= 4 is 11.8 Å². The standard InChI is InChI=1S/C31H47N3O3/c1-22(2)17-18-32-27(19-23(3)4)29(35)33-28(30(36)34-31(5,6)7)20-24-13-15-26(16-14-24)37-21-25-11-9-8-10-12-25/h8-16,22-23,27-28,32H,17-21H2,1-7H3,(H,33,35)(H,34,36)/t27-,28+/m0/s1. The van der Waals surface area contributed by atoms with E-state index in [2.05, 4.69) is 43.6 Å². The Morgan fingerprint density at radius 1 is 0.811 bits per heavy atom. The number of hydrogen-bond donors (Lipinski definition) is 3. The van der Waals surface area contributed by atoms with Crippen LogP contribution in [-0.2, 0) is 22.6 Å². The highest BCUT2D eigenvalue weighted by Gasteiger charge is 2.28. The van der Waals surface area contributed by atoms with Crippen molar-refractivity contribution < 1.29 is 14.3 Å². The number of rotatable bonds is 14. The van der Waals surface area contributed by atoms with E-state index in [0.29, 0.717) is 31.3 Å². The van der Waals surface area contributed by atoms with Crippen LogP contribution in [0.4, 0.5) is 0 Å². The van der Waals surface area contributed by atoms with Crippen molar-refractivity contribution in [3.8, 4) is 5.75 Å². The summed E-state index contributed by atoms with van der Waals surface area (Å²) >= 11 is 0. The molecule has 0 unspecified atom stereocenters. The zero-order valence-corrected chi connectivity index (χ0v) is 23.8. The summed E-state index contributed by atoms with van der Waals surface area (Å²) < 4.78 is 5.90. The Kier molecular flexibility index (Phi) is 12.1. The van der Waals surface area contributed by atoms with Crippen LogP contribution in [0.2, 0.25) is 0 Å². The molecule has 0 spiro atoms. The Morgan fingerprint density at radius 3 is 2.03 bits per heavy atom. The lowest BCUT2D eigenvalue weighted by Gasteiger charge is -2.28. The van der Waals surface area contributed by atoms with Crippen molar-refractivity contribution in [1.82, 2.24) is 16.0 Å². The molecule has 0 aliphatic carbocycles. The maximum atomic E-state index is 13.3. The van der Waals surface area contributed by atoms with E-state index in [1.54, 1.807) is 0 Å². The zero-order valence-electron chi connectivity index (χ0n) is 23.8. The normalized spacial score (nSPS) is 13.3. The molecule has 2 atom stereocenters. The quantitative estimate of drug-likeness (QED) is 0.325. The highest BCUT2D eigenvalue weighted by atomic mass is 16.5. The summed E-state index contributed by atoms with van der Waals surface area (Å²) in [5, 5.41) is 9.50. The number of hydrogen-bond acceptors (Lipinski definition) is 4. The van der Waals surface area contributed by atoms with E-state index < -0.39 is 11.6 Å². The van der Waals surface area contributed by atoms with Crippen molar-refractivity contribution in [3.63, 3.8) is 0 Å². The molecule has 0 saturated heterocycles. The lowest BCUT2D eigenvalue weighted by Crippen LogP contribution is -2.56. The minimum atomic E-state index is -0.677. The molecule has 0 bridgehead atoms. The van der Waals surface area contributed by atoms with Gasteiger partial charge in [-0.05, 0) is 75.3 Å². The molecule has 37 heavy (non-hydrogen) atoms. The van der Waals surface area contributed by atoms with Crippen LogP contribution >= 0.6 is 0 Å². The summed E-state index contributed by atoms with van der Waals surface area (Å²) in [4.78, 5) is 26.5. The second-order valence-corrected chi connectivity index (χ2v) is 11.7. The number of carbonyl (C=O) groups is 2. The molecule has 0 heterocycles. The monoisotopic (exact) mass is 509 g/mol. The van der Waals surface area contributed by atoms with Gasteiger partial charge in [0.05, 0.1) is 6.04 Å². The van der Waals surface area contributed by atoms with Crippen molar-refractivity contribution in [1.29, 1.82) is 0 Å². The first-order valence-corrected chi connectivity index (χ1v) is 13.5. The highest BCUT2D eigenvalue weighted by Crippen LogP contribution is 2.16. The first kappa shape index (κ1) is 30.4. The van der Waals surface area contributed by atoms with Gasteiger partial charge in [-0.3, -0.25) is 9.59 Å². The summed E-state index contributed by atoms with van der Waals surface area (Å²) in [5.41, 5.74) is 1.66. The van der Waals surface area contributed by atoms with Gasteiger partial charge in [0, 0.05) is 12.0 Å². The third-order valence-electron chi connectivity index (χ3n) is 5.88. The summed E-state index contributed by atoms with van der Waals surface area (Å²) in [6.07, 6.45) is 2.10. The summed E-state index contributed by atoms with van der Waals surface area (Å²) in [5.74, 6) is 1.36. The fourth-order valence-corrected chi connectivity index (χ4v) is 3.94. The molecule has 6 heteroatoms. The molecule has 0 fully saturated rings. The van der Waals surface area contributed by atoms with Crippen LogP contribution in [0.15, 0.2) is 54.6 Å². The fraction of sp³-hybridized carbons (Fsp3) is 0.548. The van der Waals surface area contributed by atoms with Crippen molar-refractivity contribution in [2.45, 2.75) is 92.0 Å². The van der Waals surface area contributed by atoms with Crippen LogP contribution in [0.1, 0.15) is 72.4 Å². The minimum Gasteiger partial charge on any atom is -0.489 e. The van der Waals surface area contributed by atoms with Gasteiger partial charge in [-0.15, -0.1) is 0 Å². The molecule has 0 saturated carbocycles. The van der Waals surface area contributed by atoms with Crippen LogP contribution in [-0.4, -0.2) is 36.0 Å². The average molecular weight is 510 g/mol. The molecule has 2 aromatic carbocycles. The summed E-state index contributed by atoms with van der Waals surface area (Å²) in [6, 6.07) is 16.7. The van der Waals surface area contributed by atoms with Gasteiger partial charge in [-0.2, -0.15) is 0 Å². The first-order valence-electron chi connectivity index (χ1n) is 13.5. The first-order chi connectivity index (χ1) is 17.4. The van der Waals surface area contributed by atoms with E-state index in [4.69, 9.17) is 4.74 Å². The van der Waals surface area contributed by atoms with Gasteiger partial charge in [-0.25, -0.2) is 0 Å². The van der Waals surface area contributed by atoms with Crippen LogP contribution in [0, 0.1) is 11.8 Å². The van der Waals surface area contributed by atoms with Crippen molar-refractivity contribution in [2.75, 3.05) is 6.54 Å². The number of carbonyl (C=O) groups excluding carboxylic acids is 2. The Hall–Kier alpha value is -2.86. The van der Waals surface area contributed by atoms with Crippen molar-refractivity contribution in [2.24, 2.45) is 11.8 Å². The van der Waals surface area contributed by atoms with E-state index in [0.717, 1.165) is 29.8 Å². The number of nitrogens with one attached hydrogen (secondary N) is 3. The molecule has 0 aromatic heterocycles. The van der Waals surface area contributed by atoms with Gasteiger partial charge in [0.1, 0.15) is 18.4 Å².